The van der Waals surface area contributed by atoms with Gasteiger partial charge in [0.15, 0.2) is 0 Å². The third kappa shape index (κ3) is 4.35. The van der Waals surface area contributed by atoms with Crippen LogP contribution in [0.2, 0.25) is 0 Å². The molecule has 0 atom stereocenters. The zero-order chi connectivity index (χ0) is 22.1. The molecule has 2 aromatic heterocycles. The minimum Gasteiger partial charge on any atom is -0.466 e. The van der Waals surface area contributed by atoms with Crippen molar-refractivity contribution in [3.8, 4) is 11.4 Å². The number of fused-ring (bicyclic) bond motifs is 1. The van der Waals surface area contributed by atoms with Crippen LogP contribution in [0.25, 0.3) is 22.4 Å². The largest absolute Gasteiger partial charge is 0.466 e. The molecule has 7 nitrogen and oxygen atoms in total. The SMILES string of the molecule is CCOC(=O)C1CC(OC2CCN(c3ccc(-c4nc5ccc(C)cc5[nH]4)cn3)CC2)C1. The van der Waals surface area contributed by atoms with Gasteiger partial charge in [-0.2, -0.15) is 0 Å². The molecule has 1 saturated heterocycles. The molecule has 168 valence electrons. The van der Waals surface area contributed by atoms with Crippen LogP contribution in [0.1, 0.15) is 38.2 Å². The lowest BCUT2D eigenvalue weighted by atomic mass is 9.82. The van der Waals surface area contributed by atoms with Crippen LogP contribution in [0.5, 0.6) is 0 Å². The van der Waals surface area contributed by atoms with Crippen LogP contribution in [0.15, 0.2) is 36.5 Å². The maximum atomic E-state index is 11.7. The van der Waals surface area contributed by atoms with Gasteiger partial charge in [-0.3, -0.25) is 4.79 Å². The van der Waals surface area contributed by atoms with Crippen molar-refractivity contribution in [2.45, 2.75) is 51.7 Å². The molecule has 0 amide bonds. The number of piperidine rings is 1. The van der Waals surface area contributed by atoms with Gasteiger partial charge in [0.2, 0.25) is 0 Å². The van der Waals surface area contributed by atoms with Crippen molar-refractivity contribution in [2.24, 2.45) is 5.92 Å². The van der Waals surface area contributed by atoms with Crippen LogP contribution < -0.4 is 4.90 Å². The summed E-state index contributed by atoms with van der Waals surface area (Å²) in [6, 6.07) is 10.4. The lowest BCUT2D eigenvalue weighted by Gasteiger charge is -2.39. The van der Waals surface area contributed by atoms with Crippen molar-refractivity contribution in [3.05, 3.63) is 42.1 Å². The Morgan fingerprint density at radius 2 is 1.97 bits per heavy atom. The molecule has 32 heavy (non-hydrogen) atoms. The minimum absolute atomic E-state index is 0.0264. The summed E-state index contributed by atoms with van der Waals surface area (Å²) in [5.74, 6) is 1.79. The summed E-state index contributed by atoms with van der Waals surface area (Å²) in [6.07, 6.45) is 5.91. The number of aromatic nitrogens is 3. The third-order valence-electron chi connectivity index (χ3n) is 6.52. The second-order valence-corrected chi connectivity index (χ2v) is 8.88. The first-order chi connectivity index (χ1) is 15.6. The van der Waals surface area contributed by atoms with E-state index in [-0.39, 0.29) is 24.1 Å². The van der Waals surface area contributed by atoms with E-state index in [0.717, 1.165) is 67.0 Å². The number of nitrogens with one attached hydrogen (secondary N) is 1. The molecule has 1 N–H and O–H groups in total. The molecule has 5 rings (SSSR count). The Morgan fingerprint density at radius 3 is 2.69 bits per heavy atom. The van der Waals surface area contributed by atoms with Crippen molar-refractivity contribution in [1.82, 2.24) is 15.0 Å². The molecular weight excluding hydrogens is 404 g/mol. The lowest BCUT2D eigenvalue weighted by molar-refractivity contribution is -0.160. The third-order valence-corrected chi connectivity index (χ3v) is 6.52. The van der Waals surface area contributed by atoms with E-state index < -0.39 is 0 Å². The maximum Gasteiger partial charge on any atom is 0.309 e. The van der Waals surface area contributed by atoms with Crippen LogP contribution in [0, 0.1) is 12.8 Å². The number of nitrogens with zero attached hydrogens (tertiary/aromatic N) is 3. The topological polar surface area (TPSA) is 80.3 Å². The van der Waals surface area contributed by atoms with Gasteiger partial charge in [-0.05, 0) is 69.4 Å². The maximum absolute atomic E-state index is 11.7. The predicted molar refractivity (Wildman–Crippen MR) is 124 cm³/mol. The Bertz CT molecular complexity index is 1080. The van der Waals surface area contributed by atoms with Crippen molar-refractivity contribution in [3.63, 3.8) is 0 Å². The Kier molecular flexibility index (Phi) is 5.83. The highest BCUT2D eigenvalue weighted by Crippen LogP contribution is 2.34. The zero-order valence-electron chi connectivity index (χ0n) is 18.7. The highest BCUT2D eigenvalue weighted by molar-refractivity contribution is 5.80. The number of ether oxygens (including phenoxy) is 2. The van der Waals surface area contributed by atoms with Crippen LogP contribution >= 0.6 is 0 Å². The number of rotatable bonds is 6. The molecule has 2 aliphatic rings. The summed E-state index contributed by atoms with van der Waals surface area (Å²) in [7, 11) is 0. The summed E-state index contributed by atoms with van der Waals surface area (Å²) in [5.41, 5.74) is 4.22. The van der Waals surface area contributed by atoms with E-state index in [9.17, 15) is 4.79 Å². The number of hydrogen-bond donors (Lipinski definition) is 1. The number of anilines is 1. The number of carbonyl (C=O) groups excluding carboxylic acids is 1. The molecule has 0 bridgehead atoms. The van der Waals surface area contributed by atoms with Crippen LogP contribution in [0.3, 0.4) is 0 Å². The lowest BCUT2D eigenvalue weighted by Crippen LogP contribution is -2.43. The normalized spacial score (nSPS) is 21.5. The van der Waals surface area contributed by atoms with E-state index in [2.05, 4.69) is 46.1 Å². The van der Waals surface area contributed by atoms with Gasteiger partial charge in [0, 0.05) is 24.8 Å². The van der Waals surface area contributed by atoms with Gasteiger partial charge in [-0.1, -0.05) is 6.07 Å². The smallest absolute Gasteiger partial charge is 0.309 e. The summed E-state index contributed by atoms with van der Waals surface area (Å²) < 4.78 is 11.3. The number of hydrogen-bond acceptors (Lipinski definition) is 6. The fraction of sp³-hybridized carbons (Fsp3) is 0.480. The van der Waals surface area contributed by atoms with Crippen molar-refractivity contribution in [2.75, 3.05) is 24.6 Å². The van der Waals surface area contributed by atoms with Gasteiger partial charge in [-0.15, -0.1) is 0 Å². The van der Waals surface area contributed by atoms with Crippen molar-refractivity contribution < 1.29 is 14.3 Å². The van der Waals surface area contributed by atoms with Crippen molar-refractivity contribution >= 4 is 22.8 Å². The van der Waals surface area contributed by atoms with Crippen molar-refractivity contribution in [1.29, 1.82) is 0 Å². The minimum atomic E-state index is -0.0746. The molecule has 0 radical (unpaired) electrons. The molecular formula is C25H30N4O3. The first kappa shape index (κ1) is 20.9. The molecule has 3 heterocycles. The molecule has 0 spiro atoms. The van der Waals surface area contributed by atoms with Crippen LogP contribution in [-0.2, 0) is 14.3 Å². The number of esters is 1. The fourth-order valence-electron chi connectivity index (χ4n) is 4.60. The second-order valence-electron chi connectivity index (χ2n) is 8.88. The monoisotopic (exact) mass is 434 g/mol. The Hall–Kier alpha value is -2.93. The number of imidazole rings is 1. The summed E-state index contributed by atoms with van der Waals surface area (Å²) in [5, 5.41) is 0. The quantitative estimate of drug-likeness (QED) is 0.584. The molecule has 1 aromatic carbocycles. The standard InChI is InChI=1S/C25H30N4O3/c1-3-31-25(30)18-13-20(14-18)32-19-8-10-29(11-9-19)23-7-5-17(15-26-23)24-27-21-6-4-16(2)12-22(21)28-24/h4-7,12,15,18-20H,3,8-11,13-14H2,1-2H3,(H,27,28). The summed E-state index contributed by atoms with van der Waals surface area (Å²) in [4.78, 5) is 26.8. The van der Waals surface area contributed by atoms with Crippen LogP contribution in [-0.4, -0.2) is 52.8 Å². The highest BCUT2D eigenvalue weighted by atomic mass is 16.5. The fourth-order valence-corrected chi connectivity index (χ4v) is 4.60. The van der Waals surface area contributed by atoms with Gasteiger partial charge in [0.05, 0.1) is 35.8 Å². The zero-order valence-corrected chi connectivity index (χ0v) is 18.7. The number of carbonyl (C=O) groups is 1. The van der Waals surface area contributed by atoms with E-state index in [0.29, 0.717) is 6.61 Å². The summed E-state index contributed by atoms with van der Waals surface area (Å²) in [6.45, 7) is 6.23. The molecule has 1 aliphatic heterocycles. The van der Waals surface area contributed by atoms with Gasteiger partial charge in [-0.25, -0.2) is 9.97 Å². The molecule has 1 saturated carbocycles. The van der Waals surface area contributed by atoms with E-state index in [4.69, 9.17) is 14.5 Å². The number of benzene rings is 1. The number of aromatic amines is 1. The number of pyridine rings is 1. The highest BCUT2D eigenvalue weighted by Gasteiger charge is 2.38. The molecule has 3 aromatic rings. The van der Waals surface area contributed by atoms with Gasteiger partial charge < -0.3 is 19.4 Å². The average Bonchev–Trinajstić information content (AvgIpc) is 3.20. The molecule has 1 aliphatic carbocycles. The predicted octanol–water partition coefficient (Wildman–Crippen LogP) is 4.26. The first-order valence-corrected chi connectivity index (χ1v) is 11.6. The number of aryl methyl sites for hydroxylation is 1. The number of H-pyrrole nitrogens is 1. The first-order valence-electron chi connectivity index (χ1n) is 11.6. The molecule has 2 fully saturated rings. The van der Waals surface area contributed by atoms with E-state index in [1.807, 2.05) is 19.2 Å². The molecule has 0 unspecified atom stereocenters. The van der Waals surface area contributed by atoms with E-state index >= 15 is 0 Å². The van der Waals surface area contributed by atoms with E-state index in [1.165, 1.54) is 5.56 Å². The Labute approximate surface area is 188 Å². The molecule has 7 heteroatoms. The van der Waals surface area contributed by atoms with Gasteiger partial charge >= 0.3 is 5.97 Å². The second kappa shape index (κ2) is 8.90. The van der Waals surface area contributed by atoms with Gasteiger partial charge in [0.25, 0.3) is 0 Å². The van der Waals surface area contributed by atoms with E-state index in [1.54, 1.807) is 0 Å². The Morgan fingerprint density at radius 1 is 1.16 bits per heavy atom. The van der Waals surface area contributed by atoms with Gasteiger partial charge in [0.1, 0.15) is 11.6 Å². The van der Waals surface area contributed by atoms with Crippen LogP contribution in [0.4, 0.5) is 5.82 Å². The Balaban J connectivity index is 1.13. The average molecular weight is 435 g/mol. The summed E-state index contributed by atoms with van der Waals surface area (Å²) >= 11 is 0.